The molecule has 0 fully saturated rings. The molecule has 0 aromatic heterocycles. The third-order valence-electron chi connectivity index (χ3n) is 2.62. The maximum atomic E-state index is 10.7. The highest BCUT2D eigenvalue weighted by atomic mass is 16.6. The number of nitrogens with one attached hydrogen (secondary N) is 1. The van der Waals surface area contributed by atoms with Gasteiger partial charge in [0, 0.05) is 24.4 Å². The van der Waals surface area contributed by atoms with Crippen LogP contribution in [0.25, 0.3) is 0 Å². The second-order valence-electron chi connectivity index (χ2n) is 3.95. The van der Waals surface area contributed by atoms with Crippen molar-refractivity contribution in [3.8, 4) is 5.75 Å². The Labute approximate surface area is 106 Å². The molecule has 0 aliphatic heterocycles. The van der Waals surface area contributed by atoms with Gasteiger partial charge in [0.25, 0.3) is 5.69 Å². The van der Waals surface area contributed by atoms with E-state index in [1.165, 1.54) is 19.2 Å². The highest BCUT2D eigenvalue weighted by molar-refractivity contribution is 5.56. The number of non-ortho nitro benzene ring substituents is 1. The van der Waals surface area contributed by atoms with Gasteiger partial charge in [-0.2, -0.15) is 0 Å². The molecule has 1 aromatic rings. The first kappa shape index (κ1) is 14.2. The summed E-state index contributed by atoms with van der Waals surface area (Å²) in [5, 5.41) is 23.2. The molecule has 0 amide bonds. The van der Waals surface area contributed by atoms with Crippen molar-refractivity contribution in [2.75, 3.05) is 19.0 Å². The lowest BCUT2D eigenvalue weighted by molar-refractivity contribution is -0.384. The minimum atomic E-state index is -0.464. The first-order chi connectivity index (χ1) is 8.56. The van der Waals surface area contributed by atoms with Crippen LogP contribution in [-0.4, -0.2) is 29.8 Å². The Morgan fingerprint density at radius 3 is 2.78 bits per heavy atom. The second-order valence-corrected chi connectivity index (χ2v) is 3.95. The van der Waals surface area contributed by atoms with Gasteiger partial charge in [0.1, 0.15) is 5.75 Å². The molecule has 1 rings (SSSR count). The van der Waals surface area contributed by atoms with Gasteiger partial charge in [0.2, 0.25) is 0 Å². The molecule has 2 N–H and O–H groups in total. The minimum Gasteiger partial charge on any atom is -0.496 e. The van der Waals surface area contributed by atoms with Gasteiger partial charge in [0.05, 0.1) is 24.2 Å². The minimum absolute atomic E-state index is 0.0205. The van der Waals surface area contributed by atoms with Gasteiger partial charge >= 0.3 is 0 Å². The van der Waals surface area contributed by atoms with E-state index < -0.39 is 4.92 Å². The molecule has 0 saturated heterocycles. The summed E-state index contributed by atoms with van der Waals surface area (Å²) in [5.74, 6) is 0.433. The van der Waals surface area contributed by atoms with Crippen molar-refractivity contribution < 1.29 is 14.8 Å². The van der Waals surface area contributed by atoms with Crippen LogP contribution in [0.5, 0.6) is 5.75 Å². The van der Waals surface area contributed by atoms with E-state index in [9.17, 15) is 15.2 Å². The topological polar surface area (TPSA) is 84.6 Å². The fourth-order valence-electron chi connectivity index (χ4n) is 1.50. The molecule has 6 heteroatoms. The maximum absolute atomic E-state index is 10.7. The van der Waals surface area contributed by atoms with Crippen LogP contribution in [-0.2, 0) is 0 Å². The number of anilines is 1. The van der Waals surface area contributed by atoms with Gasteiger partial charge in [-0.3, -0.25) is 10.1 Å². The predicted molar refractivity (Wildman–Crippen MR) is 69.1 cm³/mol. The quantitative estimate of drug-likeness (QED) is 0.575. The lowest BCUT2D eigenvalue weighted by atomic mass is 10.2. The Kier molecular flexibility index (Phi) is 5.38. The molecule has 0 aliphatic rings. The number of benzene rings is 1. The number of aliphatic hydroxyl groups excluding tert-OH is 1. The van der Waals surface area contributed by atoms with E-state index in [-0.39, 0.29) is 11.8 Å². The van der Waals surface area contributed by atoms with Crippen LogP contribution in [0, 0.1) is 10.1 Å². The molecule has 0 heterocycles. The Hall–Kier alpha value is -1.82. The first-order valence-corrected chi connectivity index (χ1v) is 5.82. The van der Waals surface area contributed by atoms with Crippen LogP contribution >= 0.6 is 0 Å². The van der Waals surface area contributed by atoms with Gasteiger partial charge < -0.3 is 15.2 Å². The molecular formula is C12H18N2O4. The van der Waals surface area contributed by atoms with Crippen molar-refractivity contribution in [2.24, 2.45) is 0 Å². The molecule has 0 saturated carbocycles. The van der Waals surface area contributed by atoms with Gasteiger partial charge in [-0.05, 0) is 12.8 Å². The predicted octanol–water partition coefficient (Wildman–Crippen LogP) is 2.18. The monoisotopic (exact) mass is 254 g/mol. The Morgan fingerprint density at radius 2 is 2.22 bits per heavy atom. The molecule has 6 nitrogen and oxygen atoms in total. The van der Waals surface area contributed by atoms with Crippen molar-refractivity contribution in [1.29, 1.82) is 0 Å². The van der Waals surface area contributed by atoms with Gasteiger partial charge in [-0.1, -0.05) is 6.92 Å². The van der Waals surface area contributed by atoms with Crippen molar-refractivity contribution in [3.05, 3.63) is 28.3 Å². The summed E-state index contributed by atoms with van der Waals surface area (Å²) >= 11 is 0. The molecule has 1 atom stereocenters. The first-order valence-electron chi connectivity index (χ1n) is 5.82. The Bertz CT molecular complexity index is 409. The number of nitro benzene ring substituents is 1. The van der Waals surface area contributed by atoms with Gasteiger partial charge in [-0.25, -0.2) is 0 Å². The number of nitrogens with zero attached hydrogens (tertiary/aromatic N) is 1. The van der Waals surface area contributed by atoms with Crippen molar-refractivity contribution >= 4 is 11.4 Å². The number of aliphatic hydroxyl groups is 1. The zero-order valence-corrected chi connectivity index (χ0v) is 10.5. The third kappa shape index (κ3) is 4.21. The molecule has 0 bridgehead atoms. The molecule has 0 radical (unpaired) electrons. The average Bonchev–Trinajstić information content (AvgIpc) is 2.37. The van der Waals surface area contributed by atoms with Crippen LogP contribution in [0.2, 0.25) is 0 Å². The summed E-state index contributed by atoms with van der Waals surface area (Å²) in [6.07, 6.45) is 0.944. The third-order valence-corrected chi connectivity index (χ3v) is 2.62. The summed E-state index contributed by atoms with van der Waals surface area (Å²) < 4.78 is 5.00. The molecule has 18 heavy (non-hydrogen) atoms. The van der Waals surface area contributed by atoms with Crippen molar-refractivity contribution in [3.63, 3.8) is 0 Å². The largest absolute Gasteiger partial charge is 0.496 e. The lowest BCUT2D eigenvalue weighted by Crippen LogP contribution is -2.12. The fraction of sp³-hybridized carbons (Fsp3) is 0.500. The molecular weight excluding hydrogens is 236 g/mol. The van der Waals surface area contributed by atoms with Crippen LogP contribution in [0.1, 0.15) is 19.8 Å². The average molecular weight is 254 g/mol. The number of ether oxygens (including phenoxy) is 1. The number of hydrogen-bond acceptors (Lipinski definition) is 5. The van der Waals surface area contributed by atoms with Gasteiger partial charge in [-0.15, -0.1) is 0 Å². The smallest absolute Gasteiger partial charge is 0.275 e. The normalized spacial score (nSPS) is 11.9. The number of rotatable bonds is 7. The zero-order valence-electron chi connectivity index (χ0n) is 10.5. The SMILES string of the molecule is CCC(O)CCNc1cc(OC)cc([N+](=O)[O-])c1. The van der Waals surface area contributed by atoms with E-state index >= 15 is 0 Å². The standard InChI is InChI=1S/C12H18N2O4/c1-3-11(15)4-5-13-9-6-10(14(16)17)8-12(7-9)18-2/h6-8,11,13,15H,3-5H2,1-2H3. The fourth-order valence-corrected chi connectivity index (χ4v) is 1.50. The van der Waals surface area contributed by atoms with Crippen LogP contribution in [0.4, 0.5) is 11.4 Å². The summed E-state index contributed by atoms with van der Waals surface area (Å²) in [6, 6.07) is 4.50. The van der Waals surface area contributed by atoms with Crippen molar-refractivity contribution in [2.45, 2.75) is 25.9 Å². The zero-order chi connectivity index (χ0) is 13.5. The van der Waals surface area contributed by atoms with E-state index in [4.69, 9.17) is 4.74 Å². The Balaban J connectivity index is 2.69. The van der Waals surface area contributed by atoms with Crippen molar-refractivity contribution in [1.82, 2.24) is 0 Å². The summed E-state index contributed by atoms with van der Waals surface area (Å²) in [5.41, 5.74) is 0.595. The Morgan fingerprint density at radius 1 is 1.50 bits per heavy atom. The van der Waals surface area contributed by atoms with E-state index in [1.54, 1.807) is 6.07 Å². The molecule has 0 aliphatic carbocycles. The molecule has 1 aromatic carbocycles. The van der Waals surface area contributed by atoms with E-state index in [0.29, 0.717) is 30.8 Å². The number of hydrogen-bond donors (Lipinski definition) is 2. The summed E-state index contributed by atoms with van der Waals surface area (Å²) in [6.45, 7) is 2.46. The highest BCUT2D eigenvalue weighted by Crippen LogP contribution is 2.25. The van der Waals surface area contributed by atoms with Crippen LogP contribution < -0.4 is 10.1 Å². The van der Waals surface area contributed by atoms with Crippen LogP contribution in [0.3, 0.4) is 0 Å². The van der Waals surface area contributed by atoms with Crippen LogP contribution in [0.15, 0.2) is 18.2 Å². The number of nitro groups is 1. The van der Waals surface area contributed by atoms with E-state index in [1.807, 2.05) is 6.92 Å². The summed E-state index contributed by atoms with van der Waals surface area (Å²) in [4.78, 5) is 10.3. The maximum Gasteiger partial charge on any atom is 0.275 e. The number of methoxy groups -OCH3 is 1. The van der Waals surface area contributed by atoms with E-state index in [2.05, 4.69) is 5.32 Å². The second kappa shape index (κ2) is 6.80. The summed E-state index contributed by atoms with van der Waals surface area (Å²) in [7, 11) is 1.46. The lowest BCUT2D eigenvalue weighted by Gasteiger charge is -2.10. The molecule has 1 unspecified atom stereocenters. The van der Waals surface area contributed by atoms with Gasteiger partial charge in [0.15, 0.2) is 0 Å². The van der Waals surface area contributed by atoms with E-state index in [0.717, 1.165) is 0 Å². The molecule has 100 valence electrons. The molecule has 0 spiro atoms. The highest BCUT2D eigenvalue weighted by Gasteiger charge is 2.10.